The summed E-state index contributed by atoms with van der Waals surface area (Å²) in [6, 6.07) is 0. The largest absolute Gasteiger partial charge is 0.392 e. The Kier molecular flexibility index (Phi) is 3.92. The maximum atomic E-state index is 10.1. The van der Waals surface area contributed by atoms with Gasteiger partial charge in [-0.3, -0.25) is 0 Å². The Bertz CT molecular complexity index is 202. The monoisotopic (exact) mass is 214 g/mol. The van der Waals surface area contributed by atoms with E-state index in [0.29, 0.717) is 0 Å². The van der Waals surface area contributed by atoms with Gasteiger partial charge in [-0.2, -0.15) is 0 Å². The SMILES string of the molecule is C=C(C(O)[Si](C)(C)C)[C@H]1CCCCO1. The van der Waals surface area contributed by atoms with E-state index in [-0.39, 0.29) is 11.8 Å². The van der Waals surface area contributed by atoms with E-state index in [1.165, 1.54) is 6.42 Å². The molecular weight excluding hydrogens is 192 g/mol. The Morgan fingerprint density at radius 3 is 2.50 bits per heavy atom. The van der Waals surface area contributed by atoms with E-state index in [1.54, 1.807) is 0 Å². The standard InChI is InChI=1S/C11H22O2Si/c1-9(11(12)14(2,3)4)10-7-5-6-8-13-10/h10-12H,1,5-8H2,2-4H3/t10-,11?/m1/s1. The van der Waals surface area contributed by atoms with E-state index in [9.17, 15) is 5.11 Å². The molecule has 2 atom stereocenters. The topological polar surface area (TPSA) is 29.5 Å². The third-order valence-electron chi connectivity index (χ3n) is 2.76. The van der Waals surface area contributed by atoms with Crippen LogP contribution in [0.15, 0.2) is 12.2 Å². The summed E-state index contributed by atoms with van der Waals surface area (Å²) in [4.78, 5) is 0. The molecule has 1 unspecified atom stereocenters. The van der Waals surface area contributed by atoms with Crippen molar-refractivity contribution in [3.8, 4) is 0 Å². The zero-order valence-corrected chi connectivity index (χ0v) is 10.5. The van der Waals surface area contributed by atoms with Gasteiger partial charge in [-0.15, -0.1) is 0 Å². The van der Waals surface area contributed by atoms with Crippen molar-refractivity contribution in [1.82, 2.24) is 0 Å². The van der Waals surface area contributed by atoms with Gasteiger partial charge in [0.05, 0.1) is 19.9 Å². The molecule has 14 heavy (non-hydrogen) atoms. The van der Waals surface area contributed by atoms with Crippen LogP contribution in [0.25, 0.3) is 0 Å². The molecule has 0 aromatic rings. The highest BCUT2D eigenvalue weighted by atomic mass is 28.3. The first kappa shape index (κ1) is 11.9. The lowest BCUT2D eigenvalue weighted by atomic mass is 10.0. The summed E-state index contributed by atoms with van der Waals surface area (Å²) in [5.74, 6) is 0. The number of hydrogen-bond donors (Lipinski definition) is 1. The lowest BCUT2D eigenvalue weighted by Gasteiger charge is -2.32. The molecule has 3 heteroatoms. The third kappa shape index (κ3) is 2.94. The number of rotatable bonds is 3. The zero-order chi connectivity index (χ0) is 10.8. The smallest absolute Gasteiger partial charge is 0.0835 e. The Labute approximate surface area is 88.0 Å². The highest BCUT2D eigenvalue weighted by Gasteiger charge is 2.31. The maximum Gasteiger partial charge on any atom is 0.0835 e. The van der Waals surface area contributed by atoms with E-state index in [4.69, 9.17) is 4.74 Å². The van der Waals surface area contributed by atoms with E-state index in [1.807, 2.05) is 0 Å². The summed E-state index contributed by atoms with van der Waals surface area (Å²) in [5, 5.41) is 10.1. The second-order valence-corrected chi connectivity index (χ2v) is 10.5. The van der Waals surface area contributed by atoms with E-state index in [0.717, 1.165) is 25.0 Å². The lowest BCUT2D eigenvalue weighted by Crippen LogP contribution is -2.43. The molecule has 1 aliphatic rings. The fourth-order valence-electron chi connectivity index (χ4n) is 1.77. The van der Waals surface area contributed by atoms with Crippen molar-refractivity contribution in [2.45, 2.75) is 50.7 Å². The molecule has 0 aromatic heterocycles. The Morgan fingerprint density at radius 2 is 2.07 bits per heavy atom. The third-order valence-corrected chi connectivity index (χ3v) is 4.78. The van der Waals surface area contributed by atoms with Crippen LogP contribution in [0.4, 0.5) is 0 Å². The maximum absolute atomic E-state index is 10.1. The first-order valence-corrected chi connectivity index (χ1v) is 8.99. The molecule has 0 radical (unpaired) electrons. The molecular formula is C11H22O2Si. The van der Waals surface area contributed by atoms with Crippen molar-refractivity contribution in [3.63, 3.8) is 0 Å². The van der Waals surface area contributed by atoms with Gasteiger partial charge in [0.25, 0.3) is 0 Å². The van der Waals surface area contributed by atoms with Gasteiger partial charge < -0.3 is 9.84 Å². The van der Waals surface area contributed by atoms with Crippen molar-refractivity contribution in [3.05, 3.63) is 12.2 Å². The van der Waals surface area contributed by atoms with Crippen molar-refractivity contribution >= 4 is 8.07 Å². The fourth-order valence-corrected chi connectivity index (χ4v) is 3.06. The van der Waals surface area contributed by atoms with E-state index >= 15 is 0 Å². The van der Waals surface area contributed by atoms with Crippen LogP contribution in [0.2, 0.25) is 19.6 Å². The van der Waals surface area contributed by atoms with Crippen LogP contribution in [0, 0.1) is 0 Å². The van der Waals surface area contributed by atoms with Crippen LogP contribution in [0.5, 0.6) is 0 Å². The molecule has 0 amide bonds. The number of hydrogen-bond acceptors (Lipinski definition) is 2. The first-order chi connectivity index (χ1) is 6.43. The lowest BCUT2D eigenvalue weighted by molar-refractivity contribution is 0.0300. The molecule has 0 bridgehead atoms. The molecule has 1 heterocycles. The molecule has 1 rings (SSSR count). The molecule has 1 fully saturated rings. The van der Waals surface area contributed by atoms with Gasteiger partial charge in [0, 0.05) is 6.61 Å². The second kappa shape index (κ2) is 4.60. The van der Waals surface area contributed by atoms with Crippen LogP contribution >= 0.6 is 0 Å². The van der Waals surface area contributed by atoms with Gasteiger partial charge in [0.1, 0.15) is 0 Å². The Hall–Kier alpha value is -0.123. The van der Waals surface area contributed by atoms with Crippen molar-refractivity contribution in [2.24, 2.45) is 0 Å². The van der Waals surface area contributed by atoms with Gasteiger partial charge in [0.2, 0.25) is 0 Å². The fraction of sp³-hybridized carbons (Fsp3) is 0.818. The molecule has 0 spiro atoms. The van der Waals surface area contributed by atoms with E-state index < -0.39 is 8.07 Å². The number of aliphatic hydroxyl groups excluding tert-OH is 1. The van der Waals surface area contributed by atoms with Crippen LogP contribution in [0.3, 0.4) is 0 Å². The minimum Gasteiger partial charge on any atom is -0.392 e. The molecule has 1 N–H and O–H groups in total. The summed E-state index contributed by atoms with van der Waals surface area (Å²) in [7, 11) is -1.53. The van der Waals surface area contributed by atoms with Gasteiger partial charge in [-0.05, 0) is 24.8 Å². The highest BCUT2D eigenvalue weighted by molar-refractivity contribution is 6.77. The zero-order valence-electron chi connectivity index (χ0n) is 9.55. The average Bonchev–Trinajstić information content (AvgIpc) is 2.15. The van der Waals surface area contributed by atoms with Gasteiger partial charge in [0.15, 0.2) is 0 Å². The predicted octanol–water partition coefficient (Wildman–Crippen LogP) is 2.35. The number of ether oxygens (including phenoxy) is 1. The summed E-state index contributed by atoms with van der Waals surface area (Å²) in [5.41, 5.74) is 0.578. The van der Waals surface area contributed by atoms with Gasteiger partial charge >= 0.3 is 0 Å². The Morgan fingerprint density at radius 1 is 1.43 bits per heavy atom. The molecule has 0 aliphatic carbocycles. The summed E-state index contributed by atoms with van der Waals surface area (Å²) in [6.45, 7) is 11.3. The minimum atomic E-state index is -1.53. The molecule has 1 aliphatic heterocycles. The van der Waals surface area contributed by atoms with Crippen LogP contribution in [-0.4, -0.2) is 31.6 Å². The predicted molar refractivity (Wildman–Crippen MR) is 62.1 cm³/mol. The number of aliphatic hydroxyl groups is 1. The van der Waals surface area contributed by atoms with E-state index in [2.05, 4.69) is 26.2 Å². The summed E-state index contributed by atoms with van der Waals surface area (Å²) >= 11 is 0. The Balaban J connectivity index is 2.55. The first-order valence-electron chi connectivity index (χ1n) is 5.41. The van der Waals surface area contributed by atoms with Crippen LogP contribution in [-0.2, 0) is 4.74 Å². The van der Waals surface area contributed by atoms with Crippen molar-refractivity contribution in [2.75, 3.05) is 6.61 Å². The molecule has 0 saturated carbocycles. The molecule has 1 saturated heterocycles. The second-order valence-electron chi connectivity index (χ2n) is 5.20. The van der Waals surface area contributed by atoms with Crippen molar-refractivity contribution < 1.29 is 9.84 Å². The summed E-state index contributed by atoms with van der Waals surface area (Å²) < 4.78 is 5.62. The quantitative estimate of drug-likeness (QED) is 0.577. The normalized spacial score (nSPS) is 25.9. The van der Waals surface area contributed by atoms with Gasteiger partial charge in [-0.25, -0.2) is 0 Å². The highest BCUT2D eigenvalue weighted by Crippen LogP contribution is 2.24. The minimum absolute atomic E-state index is 0.102. The molecule has 0 aromatic carbocycles. The van der Waals surface area contributed by atoms with Crippen LogP contribution < -0.4 is 0 Å². The molecule has 2 nitrogen and oxygen atoms in total. The van der Waals surface area contributed by atoms with Crippen molar-refractivity contribution in [1.29, 1.82) is 0 Å². The van der Waals surface area contributed by atoms with Crippen LogP contribution in [0.1, 0.15) is 19.3 Å². The average molecular weight is 214 g/mol. The van der Waals surface area contributed by atoms with Gasteiger partial charge in [-0.1, -0.05) is 26.2 Å². The summed E-state index contributed by atoms with van der Waals surface area (Å²) in [6.07, 6.45) is 3.47. The molecule has 82 valence electrons.